The summed E-state index contributed by atoms with van der Waals surface area (Å²) in [5, 5.41) is 0. The molecule has 5 nitrogen and oxygen atoms in total. The van der Waals surface area contributed by atoms with Gasteiger partial charge in [-0.1, -0.05) is 48.5 Å². The fourth-order valence-electron chi connectivity index (χ4n) is 3.96. The fourth-order valence-corrected chi connectivity index (χ4v) is 3.96. The lowest BCUT2D eigenvalue weighted by molar-refractivity contribution is -0.137. The summed E-state index contributed by atoms with van der Waals surface area (Å²) < 4.78 is 11.6. The van der Waals surface area contributed by atoms with Gasteiger partial charge in [0.1, 0.15) is 5.60 Å². The second-order valence-corrected chi connectivity index (χ2v) is 8.53. The lowest BCUT2D eigenvalue weighted by Crippen LogP contribution is -2.45. The number of allylic oxidation sites excluding steroid dienone is 1. The van der Waals surface area contributed by atoms with Gasteiger partial charge in [-0.05, 0) is 50.5 Å². The van der Waals surface area contributed by atoms with Crippen molar-refractivity contribution in [1.29, 1.82) is 0 Å². The number of para-hydroxylation sites is 1. The predicted molar refractivity (Wildman–Crippen MR) is 111 cm³/mol. The molecule has 2 amide bonds. The Balaban J connectivity index is 1.74. The van der Waals surface area contributed by atoms with Crippen molar-refractivity contribution < 1.29 is 19.1 Å². The van der Waals surface area contributed by atoms with Gasteiger partial charge >= 0.3 is 6.09 Å². The van der Waals surface area contributed by atoms with Crippen molar-refractivity contribution in [3.05, 3.63) is 71.3 Å². The van der Waals surface area contributed by atoms with Crippen molar-refractivity contribution in [3.8, 4) is 0 Å². The Morgan fingerprint density at radius 3 is 2.41 bits per heavy atom. The summed E-state index contributed by atoms with van der Waals surface area (Å²) >= 11 is 0. The zero-order valence-electron chi connectivity index (χ0n) is 17.2. The van der Waals surface area contributed by atoms with Gasteiger partial charge in [-0.2, -0.15) is 0 Å². The number of ether oxygens (including phenoxy) is 2. The van der Waals surface area contributed by atoms with Crippen molar-refractivity contribution in [3.63, 3.8) is 0 Å². The Morgan fingerprint density at radius 1 is 1.07 bits per heavy atom. The number of fused-ring (bicyclic) bond motifs is 2. The van der Waals surface area contributed by atoms with Crippen LogP contribution in [-0.2, 0) is 19.9 Å². The van der Waals surface area contributed by atoms with Crippen LogP contribution in [0.25, 0.3) is 5.57 Å². The van der Waals surface area contributed by atoms with Crippen molar-refractivity contribution in [2.24, 2.45) is 0 Å². The normalized spacial score (nSPS) is 22.8. The number of imide groups is 1. The SMILES string of the molecule is C/C(=C1/CO[C@@]2(C1)C(=O)N(C(=O)OC(C)(C)C)c1ccccc12)c1ccccc1. The maximum Gasteiger partial charge on any atom is 0.421 e. The predicted octanol–water partition coefficient (Wildman–Crippen LogP) is 5.06. The number of carbonyl (C=O) groups excluding carboxylic acids is 2. The minimum absolute atomic E-state index is 0.350. The molecule has 150 valence electrons. The van der Waals surface area contributed by atoms with Crippen LogP contribution in [0.3, 0.4) is 0 Å². The minimum atomic E-state index is -1.18. The summed E-state index contributed by atoms with van der Waals surface area (Å²) in [6.07, 6.45) is -0.254. The van der Waals surface area contributed by atoms with Crippen LogP contribution in [0.4, 0.5) is 10.5 Å². The topological polar surface area (TPSA) is 55.8 Å². The largest absolute Gasteiger partial charge is 0.443 e. The van der Waals surface area contributed by atoms with Crippen molar-refractivity contribution in [1.82, 2.24) is 0 Å². The van der Waals surface area contributed by atoms with E-state index >= 15 is 0 Å². The molecule has 1 spiro atoms. The van der Waals surface area contributed by atoms with E-state index in [1.54, 1.807) is 26.8 Å². The molecule has 2 aliphatic heterocycles. The highest BCUT2D eigenvalue weighted by atomic mass is 16.6. The molecule has 1 saturated heterocycles. The molecule has 5 heteroatoms. The van der Waals surface area contributed by atoms with E-state index in [0.29, 0.717) is 24.3 Å². The lowest BCUT2D eigenvalue weighted by Gasteiger charge is -2.25. The van der Waals surface area contributed by atoms with E-state index in [1.807, 2.05) is 55.5 Å². The number of anilines is 1. The van der Waals surface area contributed by atoms with Crippen LogP contribution in [0.2, 0.25) is 0 Å². The Kier molecular flexibility index (Phi) is 4.58. The summed E-state index contributed by atoms with van der Waals surface area (Å²) in [5.41, 5.74) is 2.63. The van der Waals surface area contributed by atoms with E-state index in [0.717, 1.165) is 21.6 Å². The van der Waals surface area contributed by atoms with E-state index in [9.17, 15) is 9.59 Å². The highest BCUT2D eigenvalue weighted by Gasteiger charge is 2.57. The first-order chi connectivity index (χ1) is 13.7. The third-order valence-electron chi connectivity index (χ3n) is 5.40. The number of hydrogen-bond donors (Lipinski definition) is 0. The van der Waals surface area contributed by atoms with Crippen LogP contribution in [0.15, 0.2) is 60.2 Å². The lowest BCUT2D eigenvalue weighted by atomic mass is 9.88. The molecular weight excluding hydrogens is 366 g/mol. The average Bonchev–Trinajstić information content (AvgIpc) is 3.23. The molecular formula is C24H25NO4. The number of benzene rings is 2. The standard InChI is InChI=1S/C24H25NO4/c1-16(17-10-6-5-7-11-17)18-14-24(28-15-18)19-12-8-9-13-20(19)25(21(24)26)22(27)29-23(2,3)4/h5-13H,14-15H2,1-4H3/b18-16-/t24-/m1/s1. The number of carbonyl (C=O) groups is 2. The summed E-state index contributed by atoms with van der Waals surface area (Å²) in [6.45, 7) is 7.74. The average molecular weight is 391 g/mol. The molecule has 29 heavy (non-hydrogen) atoms. The maximum absolute atomic E-state index is 13.5. The maximum atomic E-state index is 13.5. The second kappa shape index (κ2) is 6.85. The Labute approximate surface area is 170 Å². The molecule has 4 rings (SSSR count). The van der Waals surface area contributed by atoms with Crippen LogP contribution in [0, 0.1) is 0 Å². The smallest absolute Gasteiger partial charge is 0.421 e. The molecule has 0 unspecified atom stereocenters. The van der Waals surface area contributed by atoms with Gasteiger partial charge in [0.25, 0.3) is 5.91 Å². The number of hydrogen-bond acceptors (Lipinski definition) is 4. The first-order valence-corrected chi connectivity index (χ1v) is 9.78. The number of amides is 2. The Bertz CT molecular complexity index is 1000. The molecule has 0 aliphatic carbocycles. The molecule has 0 radical (unpaired) electrons. The Hall–Kier alpha value is -2.92. The van der Waals surface area contributed by atoms with E-state index in [-0.39, 0.29) is 5.91 Å². The molecule has 2 aromatic rings. The van der Waals surface area contributed by atoms with Crippen LogP contribution in [-0.4, -0.2) is 24.2 Å². The molecule has 0 saturated carbocycles. The van der Waals surface area contributed by atoms with Crippen LogP contribution in [0.1, 0.15) is 45.2 Å². The van der Waals surface area contributed by atoms with Crippen LogP contribution >= 0.6 is 0 Å². The minimum Gasteiger partial charge on any atom is -0.443 e. The summed E-state index contributed by atoms with van der Waals surface area (Å²) in [4.78, 5) is 27.4. The van der Waals surface area contributed by atoms with E-state index in [1.165, 1.54) is 0 Å². The Morgan fingerprint density at radius 2 is 1.72 bits per heavy atom. The summed E-state index contributed by atoms with van der Waals surface area (Å²) in [7, 11) is 0. The quantitative estimate of drug-likeness (QED) is 0.682. The first-order valence-electron chi connectivity index (χ1n) is 9.78. The molecule has 0 aromatic heterocycles. The third kappa shape index (κ3) is 3.25. The van der Waals surface area contributed by atoms with Gasteiger partial charge < -0.3 is 9.47 Å². The third-order valence-corrected chi connectivity index (χ3v) is 5.40. The monoisotopic (exact) mass is 391 g/mol. The van der Waals surface area contributed by atoms with Gasteiger partial charge in [-0.25, -0.2) is 9.69 Å². The van der Waals surface area contributed by atoms with Gasteiger partial charge in [-0.3, -0.25) is 4.79 Å². The van der Waals surface area contributed by atoms with Gasteiger partial charge in [0.15, 0.2) is 5.60 Å². The number of rotatable bonds is 1. The molecule has 2 aromatic carbocycles. The summed E-state index contributed by atoms with van der Waals surface area (Å²) in [6, 6.07) is 17.3. The zero-order chi connectivity index (χ0) is 20.8. The molecule has 1 atom stereocenters. The van der Waals surface area contributed by atoms with Gasteiger partial charge in [0.2, 0.25) is 0 Å². The fraction of sp³-hybridized carbons (Fsp3) is 0.333. The molecule has 1 fully saturated rings. The van der Waals surface area contributed by atoms with Crippen molar-refractivity contribution in [2.45, 2.75) is 45.3 Å². The number of nitrogens with zero attached hydrogens (tertiary/aromatic N) is 1. The second-order valence-electron chi connectivity index (χ2n) is 8.53. The van der Waals surface area contributed by atoms with Gasteiger partial charge in [0.05, 0.1) is 12.3 Å². The highest BCUT2D eigenvalue weighted by Crippen LogP contribution is 2.51. The van der Waals surface area contributed by atoms with Crippen molar-refractivity contribution in [2.75, 3.05) is 11.5 Å². The van der Waals surface area contributed by atoms with Crippen LogP contribution < -0.4 is 4.90 Å². The zero-order valence-corrected chi connectivity index (χ0v) is 17.2. The van der Waals surface area contributed by atoms with E-state index in [4.69, 9.17) is 9.47 Å². The van der Waals surface area contributed by atoms with Gasteiger partial charge in [-0.15, -0.1) is 0 Å². The first kappa shape index (κ1) is 19.4. The molecule has 0 N–H and O–H groups in total. The van der Waals surface area contributed by atoms with Gasteiger partial charge in [0, 0.05) is 12.0 Å². The van der Waals surface area contributed by atoms with Crippen molar-refractivity contribution >= 4 is 23.3 Å². The van der Waals surface area contributed by atoms with E-state index < -0.39 is 17.3 Å². The summed E-state index contributed by atoms with van der Waals surface area (Å²) in [5.74, 6) is -0.385. The molecule has 2 aliphatic rings. The molecule has 0 bridgehead atoms. The molecule has 2 heterocycles. The van der Waals surface area contributed by atoms with E-state index in [2.05, 4.69) is 0 Å². The van der Waals surface area contributed by atoms with Crippen LogP contribution in [0.5, 0.6) is 0 Å². The highest BCUT2D eigenvalue weighted by molar-refractivity contribution is 6.20.